The SMILES string of the molecule is C=C1CCC(C#N)=Cc2cc3cc(C)c(C)cc3cc21. The van der Waals surface area contributed by atoms with Crippen molar-refractivity contribution < 1.29 is 0 Å². The Hall–Kier alpha value is -2.33. The molecule has 98 valence electrons. The van der Waals surface area contributed by atoms with Crippen LogP contribution in [0.5, 0.6) is 0 Å². The number of fused-ring (bicyclic) bond motifs is 2. The van der Waals surface area contributed by atoms with Crippen LogP contribution in [0.25, 0.3) is 22.4 Å². The van der Waals surface area contributed by atoms with Crippen molar-refractivity contribution in [2.75, 3.05) is 0 Å². The third-order valence-electron chi connectivity index (χ3n) is 4.17. The summed E-state index contributed by atoms with van der Waals surface area (Å²) in [5, 5.41) is 11.7. The molecule has 0 saturated carbocycles. The molecular weight excluding hydrogens is 242 g/mol. The zero-order chi connectivity index (χ0) is 14.3. The van der Waals surface area contributed by atoms with Gasteiger partial charge < -0.3 is 0 Å². The second-order valence-corrected chi connectivity index (χ2v) is 5.61. The molecule has 0 spiro atoms. The first-order chi connectivity index (χ1) is 9.58. The van der Waals surface area contributed by atoms with Crippen LogP contribution in [0.2, 0.25) is 0 Å². The molecule has 0 atom stereocenters. The lowest BCUT2D eigenvalue weighted by Crippen LogP contribution is -1.89. The normalized spacial score (nSPS) is 14.4. The van der Waals surface area contributed by atoms with E-state index < -0.39 is 0 Å². The molecular formula is C19H17N. The lowest BCUT2D eigenvalue weighted by molar-refractivity contribution is 1.04. The molecule has 0 radical (unpaired) electrons. The van der Waals surface area contributed by atoms with Crippen LogP contribution in [0.3, 0.4) is 0 Å². The summed E-state index contributed by atoms with van der Waals surface area (Å²) in [6.45, 7) is 8.46. The van der Waals surface area contributed by atoms with Crippen LogP contribution >= 0.6 is 0 Å². The summed E-state index contributed by atoms with van der Waals surface area (Å²) < 4.78 is 0. The molecule has 2 aromatic carbocycles. The summed E-state index contributed by atoms with van der Waals surface area (Å²) in [5.41, 5.74) is 6.89. The Morgan fingerprint density at radius 3 is 2.30 bits per heavy atom. The van der Waals surface area contributed by atoms with E-state index in [1.54, 1.807) is 0 Å². The second kappa shape index (κ2) is 4.65. The van der Waals surface area contributed by atoms with Gasteiger partial charge in [-0.3, -0.25) is 0 Å². The Bertz CT molecular complexity index is 801. The lowest BCUT2D eigenvalue weighted by Gasteiger charge is -2.11. The fourth-order valence-electron chi connectivity index (χ4n) is 2.79. The number of hydrogen-bond acceptors (Lipinski definition) is 1. The number of hydrogen-bond donors (Lipinski definition) is 0. The minimum Gasteiger partial charge on any atom is -0.193 e. The van der Waals surface area contributed by atoms with Crippen LogP contribution in [0.1, 0.15) is 35.1 Å². The highest BCUT2D eigenvalue weighted by Crippen LogP contribution is 2.33. The monoisotopic (exact) mass is 259 g/mol. The quantitative estimate of drug-likeness (QED) is 0.640. The van der Waals surface area contributed by atoms with Gasteiger partial charge in [-0.25, -0.2) is 0 Å². The zero-order valence-corrected chi connectivity index (χ0v) is 12.0. The Morgan fingerprint density at radius 1 is 1.00 bits per heavy atom. The maximum Gasteiger partial charge on any atom is 0.0947 e. The van der Waals surface area contributed by atoms with E-state index in [0.29, 0.717) is 0 Å². The largest absolute Gasteiger partial charge is 0.193 e. The molecule has 0 unspecified atom stereocenters. The van der Waals surface area contributed by atoms with Crippen molar-refractivity contribution in [3.63, 3.8) is 0 Å². The van der Waals surface area contributed by atoms with Gasteiger partial charge in [-0.15, -0.1) is 0 Å². The van der Waals surface area contributed by atoms with Gasteiger partial charge in [-0.05, 0) is 83.5 Å². The molecule has 0 bridgehead atoms. The third kappa shape index (κ3) is 2.04. The molecule has 1 heteroatoms. The molecule has 1 aliphatic carbocycles. The summed E-state index contributed by atoms with van der Waals surface area (Å²) in [5.74, 6) is 0. The predicted molar refractivity (Wildman–Crippen MR) is 85.3 cm³/mol. The summed E-state index contributed by atoms with van der Waals surface area (Å²) in [7, 11) is 0. The Labute approximate surface area is 119 Å². The maximum atomic E-state index is 9.17. The van der Waals surface area contributed by atoms with Gasteiger partial charge in [0.1, 0.15) is 0 Å². The molecule has 20 heavy (non-hydrogen) atoms. The molecule has 2 aromatic rings. The van der Waals surface area contributed by atoms with E-state index in [4.69, 9.17) is 0 Å². The van der Waals surface area contributed by atoms with Crippen LogP contribution in [-0.4, -0.2) is 0 Å². The van der Waals surface area contributed by atoms with Gasteiger partial charge in [0.15, 0.2) is 0 Å². The maximum absolute atomic E-state index is 9.17. The first-order valence-electron chi connectivity index (χ1n) is 6.92. The van der Waals surface area contributed by atoms with Gasteiger partial charge in [0, 0.05) is 5.57 Å². The number of aryl methyl sites for hydroxylation is 2. The van der Waals surface area contributed by atoms with Crippen molar-refractivity contribution in [1.29, 1.82) is 5.26 Å². The van der Waals surface area contributed by atoms with Crippen molar-refractivity contribution in [2.24, 2.45) is 0 Å². The van der Waals surface area contributed by atoms with E-state index in [-0.39, 0.29) is 0 Å². The van der Waals surface area contributed by atoms with Gasteiger partial charge >= 0.3 is 0 Å². The molecule has 0 aromatic heterocycles. The molecule has 0 saturated heterocycles. The molecule has 1 aliphatic rings. The molecule has 0 aliphatic heterocycles. The number of nitriles is 1. The summed E-state index contributed by atoms with van der Waals surface area (Å²) in [6, 6.07) is 11.2. The standard InChI is InChI=1S/C19H17N/c1-12-4-5-15(11-20)8-18-9-16-6-13(2)14(3)7-17(16)10-19(12)18/h6-10H,1,4-5H2,2-3H3. The molecule has 1 nitrogen and oxygen atoms in total. The van der Waals surface area contributed by atoms with Crippen LogP contribution in [0.4, 0.5) is 0 Å². The Balaban J connectivity index is 2.32. The predicted octanol–water partition coefficient (Wildman–Crippen LogP) is 5.17. The second-order valence-electron chi connectivity index (χ2n) is 5.61. The van der Waals surface area contributed by atoms with Crippen LogP contribution in [-0.2, 0) is 0 Å². The van der Waals surface area contributed by atoms with Gasteiger partial charge in [0.05, 0.1) is 6.07 Å². The van der Waals surface area contributed by atoms with Gasteiger partial charge in [0.2, 0.25) is 0 Å². The van der Waals surface area contributed by atoms with Gasteiger partial charge in [-0.1, -0.05) is 18.7 Å². The average Bonchev–Trinajstić information content (AvgIpc) is 2.58. The zero-order valence-electron chi connectivity index (χ0n) is 12.0. The summed E-state index contributed by atoms with van der Waals surface area (Å²) >= 11 is 0. The summed E-state index contributed by atoms with van der Waals surface area (Å²) in [6.07, 6.45) is 3.67. The van der Waals surface area contributed by atoms with E-state index in [1.807, 2.05) is 6.08 Å². The minimum atomic E-state index is 0.790. The van der Waals surface area contributed by atoms with E-state index in [2.05, 4.69) is 50.8 Å². The van der Waals surface area contributed by atoms with E-state index in [0.717, 1.165) is 29.6 Å². The molecule has 0 heterocycles. The van der Waals surface area contributed by atoms with Gasteiger partial charge in [-0.2, -0.15) is 5.26 Å². The van der Waals surface area contributed by atoms with Crippen LogP contribution < -0.4 is 0 Å². The van der Waals surface area contributed by atoms with Gasteiger partial charge in [0.25, 0.3) is 0 Å². The average molecular weight is 259 g/mol. The highest BCUT2D eigenvalue weighted by atomic mass is 14.3. The fraction of sp³-hybridized carbons (Fsp3) is 0.211. The lowest BCUT2D eigenvalue weighted by atomic mass is 9.94. The number of rotatable bonds is 0. The van der Waals surface area contributed by atoms with Crippen molar-refractivity contribution in [2.45, 2.75) is 26.7 Å². The Kier molecular flexibility index (Phi) is 2.95. The van der Waals surface area contributed by atoms with E-state index in [9.17, 15) is 5.26 Å². The molecule has 3 rings (SSSR count). The smallest absolute Gasteiger partial charge is 0.0947 e. The fourth-order valence-corrected chi connectivity index (χ4v) is 2.79. The number of benzene rings is 2. The number of nitrogens with zero attached hydrogens (tertiary/aromatic N) is 1. The highest BCUT2D eigenvalue weighted by molar-refractivity contribution is 5.92. The summed E-state index contributed by atoms with van der Waals surface area (Å²) in [4.78, 5) is 0. The molecule has 0 amide bonds. The van der Waals surface area contributed by atoms with Crippen LogP contribution in [0, 0.1) is 25.2 Å². The topological polar surface area (TPSA) is 23.8 Å². The minimum absolute atomic E-state index is 0.790. The van der Waals surface area contributed by atoms with E-state index >= 15 is 0 Å². The highest BCUT2D eigenvalue weighted by Gasteiger charge is 2.13. The Morgan fingerprint density at radius 2 is 1.65 bits per heavy atom. The number of allylic oxidation sites excluding steroid dienone is 2. The van der Waals surface area contributed by atoms with Crippen molar-refractivity contribution in [3.8, 4) is 6.07 Å². The third-order valence-corrected chi connectivity index (χ3v) is 4.17. The van der Waals surface area contributed by atoms with Crippen molar-refractivity contribution >= 4 is 22.4 Å². The molecule has 0 fully saturated rings. The van der Waals surface area contributed by atoms with Crippen molar-refractivity contribution in [3.05, 3.63) is 58.7 Å². The van der Waals surface area contributed by atoms with Crippen molar-refractivity contribution in [1.82, 2.24) is 0 Å². The van der Waals surface area contributed by atoms with Crippen LogP contribution in [0.15, 0.2) is 36.4 Å². The molecule has 0 N–H and O–H groups in total. The first-order valence-corrected chi connectivity index (χ1v) is 6.92. The first kappa shape index (κ1) is 12.7. The van der Waals surface area contributed by atoms with E-state index in [1.165, 1.54) is 27.5 Å².